The molecule has 10 nitrogen and oxygen atoms in total. The van der Waals surface area contributed by atoms with Gasteiger partial charge < -0.3 is 24.9 Å². The summed E-state index contributed by atoms with van der Waals surface area (Å²) in [5, 5.41) is 22.1. The van der Waals surface area contributed by atoms with Crippen molar-refractivity contribution in [3.8, 4) is 0 Å². The largest absolute Gasteiger partial charge is 0.756 e. The molecule has 1 amide bonds. The summed E-state index contributed by atoms with van der Waals surface area (Å²) in [5.41, 5.74) is 0.357. The van der Waals surface area contributed by atoms with E-state index in [9.17, 15) is 20.1 Å². The van der Waals surface area contributed by atoms with Crippen molar-refractivity contribution >= 4 is 11.7 Å². The van der Waals surface area contributed by atoms with Crippen LogP contribution in [-0.2, 0) is 4.84 Å². The van der Waals surface area contributed by atoms with Crippen molar-refractivity contribution in [2.75, 3.05) is 51.3 Å². The molecule has 0 radical (unpaired) electrons. The molecule has 1 aromatic heterocycles. The second-order valence-corrected chi connectivity index (χ2v) is 10.1. The predicted octanol–water partition coefficient (Wildman–Crippen LogP) is 5.44. The molecule has 0 aromatic carbocycles. The average Bonchev–Trinajstić information content (AvgIpc) is 2.90. The lowest BCUT2D eigenvalue weighted by molar-refractivity contribution is -0.757. The van der Waals surface area contributed by atoms with Crippen molar-refractivity contribution in [3.63, 3.8) is 0 Å². The number of likely N-dealkylation sites (N-methyl/N-ethyl adjacent to an activating group) is 1. The van der Waals surface area contributed by atoms with Gasteiger partial charge in [0.2, 0.25) is 5.91 Å². The van der Waals surface area contributed by atoms with Crippen LogP contribution >= 0.6 is 0 Å². The van der Waals surface area contributed by atoms with E-state index < -0.39 is 11.0 Å². The molecule has 0 aliphatic carbocycles. The maximum absolute atomic E-state index is 12.4. The Labute approximate surface area is 222 Å². The van der Waals surface area contributed by atoms with Crippen LogP contribution in [0.25, 0.3) is 0 Å². The quantitative estimate of drug-likeness (QED) is 0.127. The van der Waals surface area contributed by atoms with Crippen molar-refractivity contribution in [3.05, 3.63) is 39.2 Å². The van der Waals surface area contributed by atoms with Gasteiger partial charge in [-0.05, 0) is 32.0 Å². The van der Waals surface area contributed by atoms with Gasteiger partial charge in [-0.1, -0.05) is 77.0 Å². The van der Waals surface area contributed by atoms with Crippen molar-refractivity contribution < 1.29 is 14.7 Å². The van der Waals surface area contributed by atoms with E-state index in [2.05, 4.69) is 26.7 Å². The summed E-state index contributed by atoms with van der Waals surface area (Å²) in [6.45, 7) is 4.27. The lowest BCUT2D eigenvalue weighted by Crippen LogP contribution is -2.44. The molecule has 0 N–H and O–H groups in total. The van der Waals surface area contributed by atoms with Crippen molar-refractivity contribution in [1.29, 1.82) is 0 Å². The lowest BCUT2D eigenvalue weighted by Gasteiger charge is -2.33. The first-order valence-electron chi connectivity index (χ1n) is 14.1. The number of hydrogen-bond donors (Lipinski definition) is 0. The topological polar surface area (TPSA) is 115 Å². The SMILES string of the molecule is CN1CCN(c2ccc(C(=O)N([O-])CCCCCCCCCCCCCCCCO[N+](=O)[O-])cn2)CC1. The van der Waals surface area contributed by atoms with Crippen molar-refractivity contribution in [2.45, 2.75) is 89.9 Å². The Hall–Kier alpha value is -2.46. The lowest BCUT2D eigenvalue weighted by atomic mass is 10.0. The number of hydroxylamine groups is 2. The fourth-order valence-electron chi connectivity index (χ4n) is 4.60. The zero-order valence-electron chi connectivity index (χ0n) is 22.7. The molecule has 210 valence electrons. The molecule has 2 heterocycles. The summed E-state index contributed by atoms with van der Waals surface area (Å²) >= 11 is 0. The number of hydrogen-bond acceptors (Lipinski definition) is 8. The molecule has 1 aliphatic rings. The first-order chi connectivity index (χ1) is 18.0. The molecule has 1 saturated heterocycles. The van der Waals surface area contributed by atoms with Crippen molar-refractivity contribution in [2.24, 2.45) is 0 Å². The minimum Gasteiger partial charge on any atom is -0.756 e. The third kappa shape index (κ3) is 13.6. The Balaban J connectivity index is 1.40. The molecule has 1 aliphatic heterocycles. The van der Waals surface area contributed by atoms with E-state index in [0.29, 0.717) is 10.6 Å². The second-order valence-electron chi connectivity index (χ2n) is 10.1. The Morgan fingerprint density at radius 3 is 1.89 bits per heavy atom. The van der Waals surface area contributed by atoms with Crippen LogP contribution < -0.4 is 4.90 Å². The molecule has 0 saturated carbocycles. The van der Waals surface area contributed by atoms with Crippen LogP contribution in [0.3, 0.4) is 0 Å². The van der Waals surface area contributed by atoms with Gasteiger partial charge in [-0.25, -0.2) is 4.98 Å². The van der Waals surface area contributed by atoms with Gasteiger partial charge in [-0.15, -0.1) is 10.1 Å². The highest BCUT2D eigenvalue weighted by Crippen LogP contribution is 2.16. The summed E-state index contributed by atoms with van der Waals surface area (Å²) in [5.74, 6) is 0.360. The normalized spacial score (nSPS) is 14.1. The fraction of sp³-hybridized carbons (Fsp3) is 0.778. The Morgan fingerprint density at radius 2 is 1.41 bits per heavy atom. The number of piperazine rings is 1. The van der Waals surface area contributed by atoms with E-state index in [0.717, 1.165) is 70.5 Å². The van der Waals surface area contributed by atoms with Crippen molar-refractivity contribution in [1.82, 2.24) is 14.9 Å². The highest BCUT2D eigenvalue weighted by molar-refractivity contribution is 5.94. The summed E-state index contributed by atoms with van der Waals surface area (Å²) in [7, 11) is 2.11. The van der Waals surface area contributed by atoms with E-state index in [1.165, 1.54) is 57.6 Å². The summed E-state index contributed by atoms with van der Waals surface area (Å²) in [6.07, 6.45) is 17.1. The van der Waals surface area contributed by atoms with Gasteiger partial charge >= 0.3 is 0 Å². The maximum Gasteiger partial charge on any atom is 0.294 e. The van der Waals surface area contributed by atoms with Crippen LogP contribution in [0.15, 0.2) is 18.3 Å². The fourth-order valence-corrected chi connectivity index (χ4v) is 4.60. The summed E-state index contributed by atoms with van der Waals surface area (Å²) in [6, 6.07) is 3.55. The molecule has 1 aromatic rings. The molecule has 0 atom stereocenters. The van der Waals surface area contributed by atoms with Crippen LogP contribution in [0.4, 0.5) is 5.82 Å². The summed E-state index contributed by atoms with van der Waals surface area (Å²) < 4.78 is 0. The smallest absolute Gasteiger partial charge is 0.294 e. The third-order valence-corrected chi connectivity index (χ3v) is 7.00. The minimum atomic E-state index is -0.725. The molecule has 0 bridgehead atoms. The first kappa shape index (κ1) is 30.8. The van der Waals surface area contributed by atoms with Crippen LogP contribution in [0.1, 0.15) is 100 Å². The standard InChI is InChI=1S/C27H46N5O5/c1-29-19-21-30(22-20-29)26-17-16-25(24-28-26)27(33)31(34)18-14-12-10-8-6-4-2-3-5-7-9-11-13-15-23-37-32(35)36/h16-17,24H,2-15,18-23H2,1H3/q-1. The van der Waals surface area contributed by atoms with E-state index in [-0.39, 0.29) is 13.2 Å². The van der Waals surface area contributed by atoms with Gasteiger partial charge in [0, 0.05) is 38.9 Å². The highest BCUT2D eigenvalue weighted by Gasteiger charge is 2.16. The average molecular weight is 521 g/mol. The van der Waals surface area contributed by atoms with E-state index >= 15 is 0 Å². The van der Waals surface area contributed by atoms with E-state index in [4.69, 9.17) is 0 Å². The summed E-state index contributed by atoms with van der Waals surface area (Å²) in [4.78, 5) is 35.7. The van der Waals surface area contributed by atoms with Gasteiger partial charge in [0.1, 0.15) is 5.82 Å². The molecular weight excluding hydrogens is 474 g/mol. The van der Waals surface area contributed by atoms with Crippen LogP contribution in [0, 0.1) is 15.3 Å². The number of carbonyl (C=O) groups is 1. The molecule has 2 rings (SSSR count). The maximum atomic E-state index is 12.4. The van der Waals surface area contributed by atoms with E-state index in [1.54, 1.807) is 6.07 Å². The zero-order valence-corrected chi connectivity index (χ0v) is 22.7. The van der Waals surface area contributed by atoms with E-state index in [1.807, 2.05) is 6.07 Å². The van der Waals surface area contributed by atoms with Gasteiger partial charge in [-0.2, -0.15) is 0 Å². The Morgan fingerprint density at radius 1 is 0.892 bits per heavy atom. The number of rotatable bonds is 20. The minimum absolute atomic E-state index is 0.212. The molecule has 0 unspecified atom stereocenters. The van der Waals surface area contributed by atoms with Crippen LogP contribution in [0.5, 0.6) is 0 Å². The van der Waals surface area contributed by atoms with Crippen LogP contribution in [-0.4, -0.2) is 72.3 Å². The number of amides is 1. The number of anilines is 1. The number of pyridine rings is 1. The van der Waals surface area contributed by atoms with Gasteiger partial charge in [0.15, 0.2) is 0 Å². The van der Waals surface area contributed by atoms with Gasteiger partial charge in [0.05, 0.1) is 12.2 Å². The molecule has 10 heteroatoms. The number of unbranched alkanes of at least 4 members (excludes halogenated alkanes) is 13. The number of nitrogens with zero attached hydrogens (tertiary/aromatic N) is 5. The molecule has 37 heavy (non-hydrogen) atoms. The van der Waals surface area contributed by atoms with Gasteiger partial charge in [0.25, 0.3) is 5.09 Å². The number of carbonyl (C=O) groups excluding carboxylic acids is 1. The number of aromatic nitrogens is 1. The second kappa shape index (κ2) is 18.7. The monoisotopic (exact) mass is 520 g/mol. The predicted molar refractivity (Wildman–Crippen MR) is 146 cm³/mol. The van der Waals surface area contributed by atoms with Gasteiger partial charge in [-0.3, -0.25) is 4.79 Å². The Kier molecular flexibility index (Phi) is 15.6. The zero-order chi connectivity index (χ0) is 26.7. The highest BCUT2D eigenvalue weighted by atomic mass is 16.9. The first-order valence-corrected chi connectivity index (χ1v) is 14.1. The molecular formula is C27H46N5O5-. The molecule has 1 fully saturated rings. The Bertz CT molecular complexity index is 756. The third-order valence-electron chi connectivity index (χ3n) is 7.00. The molecule has 0 spiro atoms. The van der Waals surface area contributed by atoms with Crippen LogP contribution in [0.2, 0.25) is 0 Å².